The van der Waals surface area contributed by atoms with Crippen molar-refractivity contribution < 1.29 is 42.9 Å². The summed E-state index contributed by atoms with van der Waals surface area (Å²) in [5.74, 6) is -0.966. The third-order valence-electron chi connectivity index (χ3n) is 7.89. The van der Waals surface area contributed by atoms with E-state index in [1.165, 1.54) is 4.90 Å². The van der Waals surface area contributed by atoms with Crippen LogP contribution in [0.15, 0.2) is 40.4 Å². The van der Waals surface area contributed by atoms with Gasteiger partial charge in [0.25, 0.3) is 5.88 Å². The Morgan fingerprint density at radius 3 is 2.24 bits per heavy atom. The molecule has 3 aromatic rings. The van der Waals surface area contributed by atoms with Gasteiger partial charge < -0.3 is 49.3 Å². The standard InChI is InChI=1S/C34H49N5O9S/c1-23(2)31(29-19-30(38-48-29)47-17-16-46-15-14-45-13-12-44-11-10-43-9-8-35)34(42)39-21-27(40)18-28(39)33(41)36-20-25-4-6-26(7-5-25)32-24(3)37-22-49-32/h4-7,19,22-23,27-28,31,40H,8-18,20-21,35H2,1-3H3,(H,36,41)/t27-,28+,31?/m1/s1. The Bertz CT molecular complexity index is 1420. The number of amides is 2. The number of β-amino-alcohol motifs (C(OH)–C–C–N with tert-alkyl or cyclic N) is 1. The topological polar surface area (TPSA) is 181 Å². The molecule has 270 valence electrons. The summed E-state index contributed by atoms with van der Waals surface area (Å²) in [7, 11) is 0. The maximum atomic E-state index is 13.9. The number of hydrogen-bond acceptors (Lipinski definition) is 13. The number of benzene rings is 1. The van der Waals surface area contributed by atoms with Crippen molar-refractivity contribution in [2.45, 2.75) is 51.8 Å². The van der Waals surface area contributed by atoms with E-state index in [1.54, 1.807) is 17.4 Å². The zero-order valence-electron chi connectivity index (χ0n) is 28.5. The third kappa shape index (κ3) is 11.8. The van der Waals surface area contributed by atoms with Crippen LogP contribution < -0.4 is 15.8 Å². The Kier molecular flexibility index (Phi) is 15.9. The van der Waals surface area contributed by atoms with E-state index in [0.717, 1.165) is 21.7 Å². The van der Waals surface area contributed by atoms with Crippen molar-refractivity contribution in [3.63, 3.8) is 0 Å². The van der Waals surface area contributed by atoms with Crippen LogP contribution in [0.25, 0.3) is 10.4 Å². The van der Waals surface area contributed by atoms with Crippen molar-refractivity contribution >= 4 is 23.2 Å². The minimum Gasteiger partial charge on any atom is -0.473 e. The highest BCUT2D eigenvalue weighted by molar-refractivity contribution is 7.13. The molecule has 0 bridgehead atoms. The molecule has 15 heteroatoms. The number of aryl methyl sites for hydroxylation is 1. The molecule has 3 heterocycles. The molecule has 1 aromatic carbocycles. The minimum absolute atomic E-state index is 0.0544. The zero-order chi connectivity index (χ0) is 35.0. The summed E-state index contributed by atoms with van der Waals surface area (Å²) in [6.45, 7) is 10.4. The summed E-state index contributed by atoms with van der Waals surface area (Å²) in [4.78, 5) is 34.0. The van der Waals surface area contributed by atoms with Crippen molar-refractivity contribution in [1.29, 1.82) is 0 Å². The van der Waals surface area contributed by atoms with Crippen LogP contribution >= 0.6 is 11.3 Å². The summed E-state index contributed by atoms with van der Waals surface area (Å²) >= 11 is 1.58. The van der Waals surface area contributed by atoms with E-state index in [2.05, 4.69) is 15.5 Å². The maximum absolute atomic E-state index is 13.9. The molecule has 49 heavy (non-hydrogen) atoms. The molecule has 4 rings (SSSR count). The number of likely N-dealkylation sites (tertiary alicyclic amines) is 1. The lowest BCUT2D eigenvalue weighted by Crippen LogP contribution is -2.48. The van der Waals surface area contributed by atoms with Gasteiger partial charge in [-0.25, -0.2) is 4.98 Å². The Morgan fingerprint density at radius 2 is 1.65 bits per heavy atom. The maximum Gasteiger partial charge on any atom is 0.254 e. The molecule has 4 N–H and O–H groups in total. The third-order valence-corrected chi connectivity index (χ3v) is 8.87. The molecule has 14 nitrogen and oxygen atoms in total. The zero-order valence-corrected chi connectivity index (χ0v) is 29.3. The van der Waals surface area contributed by atoms with Gasteiger partial charge in [0, 0.05) is 32.1 Å². The number of carbonyl (C=O) groups excluding carboxylic acids is 2. The quantitative estimate of drug-likeness (QED) is 0.130. The van der Waals surface area contributed by atoms with Crippen molar-refractivity contribution in [2.24, 2.45) is 11.7 Å². The predicted octanol–water partition coefficient (Wildman–Crippen LogP) is 2.53. The van der Waals surface area contributed by atoms with E-state index in [1.807, 2.05) is 50.5 Å². The fraction of sp³-hybridized carbons (Fsp3) is 0.588. The van der Waals surface area contributed by atoms with Gasteiger partial charge >= 0.3 is 0 Å². The van der Waals surface area contributed by atoms with Crippen LogP contribution in [0.2, 0.25) is 0 Å². The summed E-state index contributed by atoms with van der Waals surface area (Å²) < 4.78 is 32.8. The lowest BCUT2D eigenvalue weighted by Gasteiger charge is -2.28. The molecule has 0 aliphatic carbocycles. The van der Waals surface area contributed by atoms with E-state index < -0.39 is 18.1 Å². The van der Waals surface area contributed by atoms with Crippen LogP contribution in [-0.4, -0.2) is 117 Å². The van der Waals surface area contributed by atoms with E-state index in [-0.39, 0.29) is 43.2 Å². The summed E-state index contributed by atoms with van der Waals surface area (Å²) in [5, 5.41) is 17.4. The second-order valence-electron chi connectivity index (χ2n) is 12.0. The van der Waals surface area contributed by atoms with E-state index in [9.17, 15) is 14.7 Å². The molecule has 1 saturated heterocycles. The summed E-state index contributed by atoms with van der Waals surface area (Å²) in [6.07, 6.45) is -0.658. The first-order chi connectivity index (χ1) is 23.8. The number of aliphatic hydroxyl groups excluding tert-OH is 1. The number of hydrogen-bond donors (Lipinski definition) is 3. The highest BCUT2D eigenvalue weighted by Gasteiger charge is 2.43. The predicted molar refractivity (Wildman–Crippen MR) is 182 cm³/mol. The molecule has 3 atom stereocenters. The first-order valence-corrected chi connectivity index (χ1v) is 17.5. The van der Waals surface area contributed by atoms with Gasteiger partial charge in [0.05, 0.1) is 75.0 Å². The molecule has 0 radical (unpaired) electrons. The smallest absolute Gasteiger partial charge is 0.254 e. The van der Waals surface area contributed by atoms with Crippen molar-refractivity contribution in [3.05, 3.63) is 52.9 Å². The number of aliphatic hydroxyl groups is 1. The molecule has 1 fully saturated rings. The summed E-state index contributed by atoms with van der Waals surface area (Å²) in [5.41, 5.74) is 10.1. The first-order valence-electron chi connectivity index (χ1n) is 16.6. The highest BCUT2D eigenvalue weighted by atomic mass is 32.1. The highest BCUT2D eigenvalue weighted by Crippen LogP contribution is 2.32. The minimum atomic E-state index is -0.812. The molecular weight excluding hydrogens is 654 g/mol. The fourth-order valence-corrected chi connectivity index (χ4v) is 6.23. The molecular formula is C34H49N5O9S. The van der Waals surface area contributed by atoms with Crippen LogP contribution in [0.4, 0.5) is 0 Å². The summed E-state index contributed by atoms with van der Waals surface area (Å²) in [6, 6.07) is 8.71. The first kappa shape index (κ1) is 38.4. The fourth-order valence-electron chi connectivity index (χ4n) is 5.42. The van der Waals surface area contributed by atoms with Gasteiger partial charge in [-0.2, -0.15) is 0 Å². The average molecular weight is 704 g/mol. The van der Waals surface area contributed by atoms with E-state index in [4.69, 9.17) is 33.9 Å². The molecule has 0 saturated carbocycles. The second kappa shape index (κ2) is 20.3. The molecule has 1 unspecified atom stereocenters. The van der Waals surface area contributed by atoms with Crippen molar-refractivity contribution in [1.82, 2.24) is 20.4 Å². The van der Waals surface area contributed by atoms with Crippen LogP contribution in [0, 0.1) is 12.8 Å². The van der Waals surface area contributed by atoms with Crippen LogP contribution in [0.1, 0.15) is 43.2 Å². The number of thiazole rings is 1. The number of ether oxygens (including phenoxy) is 5. The Morgan fingerprint density at radius 1 is 1.02 bits per heavy atom. The number of nitrogens with two attached hydrogens (primary N) is 1. The Labute approximate surface area is 291 Å². The van der Waals surface area contributed by atoms with Gasteiger partial charge in [-0.1, -0.05) is 38.1 Å². The largest absolute Gasteiger partial charge is 0.473 e. The van der Waals surface area contributed by atoms with Gasteiger partial charge in [-0.3, -0.25) is 9.59 Å². The number of nitrogens with zero attached hydrogens (tertiary/aromatic N) is 3. The lowest BCUT2D eigenvalue weighted by molar-refractivity contribution is -0.141. The number of nitrogens with one attached hydrogen (secondary N) is 1. The van der Waals surface area contributed by atoms with Crippen LogP contribution in [0.3, 0.4) is 0 Å². The van der Waals surface area contributed by atoms with E-state index in [0.29, 0.717) is 71.7 Å². The van der Waals surface area contributed by atoms with Gasteiger partial charge in [0.1, 0.15) is 18.6 Å². The number of carbonyl (C=O) groups is 2. The van der Waals surface area contributed by atoms with Gasteiger partial charge in [0.15, 0.2) is 5.76 Å². The Hall–Kier alpha value is -3.44. The number of aromatic nitrogens is 2. The number of rotatable bonds is 22. The van der Waals surface area contributed by atoms with Crippen LogP contribution in [-0.2, 0) is 35.1 Å². The molecule has 2 amide bonds. The molecule has 0 spiro atoms. The van der Waals surface area contributed by atoms with Gasteiger partial charge in [-0.15, -0.1) is 11.3 Å². The molecule has 2 aromatic heterocycles. The SMILES string of the molecule is Cc1ncsc1-c1ccc(CNC(=O)[C@@H]2C[C@@H](O)CN2C(=O)C(c2cc(OCCOCCOCCOCCOCCN)no2)C(C)C)cc1. The normalized spacial score (nSPS) is 16.7. The molecule has 1 aliphatic rings. The van der Waals surface area contributed by atoms with Crippen molar-refractivity contribution in [3.8, 4) is 16.3 Å². The van der Waals surface area contributed by atoms with Crippen molar-refractivity contribution in [2.75, 3.05) is 72.6 Å². The Balaban J connectivity index is 1.19. The average Bonchev–Trinajstić information content (AvgIpc) is 3.84. The van der Waals surface area contributed by atoms with Gasteiger partial charge in [-0.05, 0) is 29.1 Å². The van der Waals surface area contributed by atoms with Crippen LogP contribution in [0.5, 0.6) is 5.88 Å². The lowest BCUT2D eigenvalue weighted by atomic mass is 9.91. The monoisotopic (exact) mass is 703 g/mol. The van der Waals surface area contributed by atoms with Gasteiger partial charge in [0.2, 0.25) is 11.8 Å². The molecule has 1 aliphatic heterocycles. The van der Waals surface area contributed by atoms with E-state index >= 15 is 0 Å². The second-order valence-corrected chi connectivity index (χ2v) is 12.8.